The van der Waals surface area contributed by atoms with Gasteiger partial charge in [0.25, 0.3) is 5.91 Å². The average Bonchev–Trinajstić information content (AvgIpc) is 3.17. The molecule has 4 rings (SSSR count). The number of anilines is 1. The summed E-state index contributed by atoms with van der Waals surface area (Å²) in [7, 11) is 0. The number of carboxylic acids is 1. The van der Waals surface area contributed by atoms with E-state index < -0.39 is 36.8 Å². The Kier molecular flexibility index (Phi) is 9.81. The van der Waals surface area contributed by atoms with Gasteiger partial charge in [0.05, 0.1) is 17.1 Å². The molecule has 13 heteroatoms. The molecule has 0 spiro atoms. The monoisotopic (exact) mass is 553 g/mol. The van der Waals surface area contributed by atoms with Crippen LogP contribution in [-0.2, 0) is 25.7 Å². The molecule has 3 aromatic rings. The predicted molar refractivity (Wildman–Crippen MR) is 127 cm³/mol. The third kappa shape index (κ3) is 7.61. The van der Waals surface area contributed by atoms with Crippen LogP contribution in [0.1, 0.15) is 25.0 Å². The van der Waals surface area contributed by atoms with E-state index in [0.717, 1.165) is 4.68 Å². The minimum Gasteiger partial charge on any atom is -0.550 e. The molecule has 1 N–H and O–H groups in total. The fourth-order valence-corrected chi connectivity index (χ4v) is 4.08. The van der Waals surface area contributed by atoms with Gasteiger partial charge in [0.15, 0.2) is 13.2 Å². The van der Waals surface area contributed by atoms with Gasteiger partial charge in [-0.1, -0.05) is 6.07 Å². The number of aliphatic carboxylic acids is 1. The summed E-state index contributed by atoms with van der Waals surface area (Å²) in [4.78, 5) is 34.0. The molecule has 9 nitrogen and oxygen atoms in total. The molecule has 1 amide bonds. The van der Waals surface area contributed by atoms with Crippen molar-refractivity contribution < 1.29 is 71.7 Å². The zero-order valence-corrected chi connectivity index (χ0v) is 23.3. The number of aromatic nitrogens is 2. The van der Waals surface area contributed by atoms with Crippen molar-refractivity contribution in [3.05, 3.63) is 54.0 Å². The first-order valence-electron chi connectivity index (χ1n) is 11.7. The summed E-state index contributed by atoms with van der Waals surface area (Å²) in [5.41, 5.74) is 2.52. The largest absolute Gasteiger partial charge is 1.00 e. The number of carbonyl (C=O) groups excluding carboxylic acids is 3. The van der Waals surface area contributed by atoms with E-state index in [2.05, 4.69) is 15.2 Å². The predicted octanol–water partition coefficient (Wildman–Crippen LogP) is 0.0982. The first-order chi connectivity index (χ1) is 18.0. The van der Waals surface area contributed by atoms with Gasteiger partial charge in [-0.05, 0) is 61.7 Å². The summed E-state index contributed by atoms with van der Waals surface area (Å²) in [5.74, 6) is -6.24. The molecule has 0 unspecified atom stereocenters. The fraction of sp³-hybridized carbons (Fsp3) is 0.308. The minimum absolute atomic E-state index is 0. The second kappa shape index (κ2) is 12.7. The van der Waals surface area contributed by atoms with E-state index in [0.29, 0.717) is 33.8 Å². The SMILES string of the molecule is Cc1nn(CC(F)(F)COC(=O)CCCC(=O)[O-])c(-c2ccc(F)cc2)c1-c1ccc2c(c1)NC(=O)CO2.[Na+]. The van der Waals surface area contributed by atoms with Gasteiger partial charge in [-0.25, -0.2) is 13.2 Å². The first kappa shape index (κ1) is 30.2. The van der Waals surface area contributed by atoms with Crippen molar-refractivity contribution in [3.8, 4) is 28.1 Å². The number of benzene rings is 2. The number of aryl methyl sites for hydroxylation is 1. The number of fused-ring (bicyclic) bond motifs is 1. The van der Waals surface area contributed by atoms with Crippen LogP contribution in [0.3, 0.4) is 0 Å². The molecule has 2 aromatic carbocycles. The smallest absolute Gasteiger partial charge is 0.550 e. The van der Waals surface area contributed by atoms with Crippen LogP contribution in [0.5, 0.6) is 5.75 Å². The average molecular weight is 553 g/mol. The van der Waals surface area contributed by atoms with Gasteiger partial charge >= 0.3 is 41.4 Å². The maximum atomic E-state index is 14.9. The number of hydrogen-bond acceptors (Lipinski definition) is 7. The van der Waals surface area contributed by atoms with Gasteiger partial charge in [-0.15, -0.1) is 0 Å². The summed E-state index contributed by atoms with van der Waals surface area (Å²) < 4.78 is 54.6. The Hall–Kier alpha value is -3.35. The van der Waals surface area contributed by atoms with Crippen LogP contribution in [0.4, 0.5) is 18.9 Å². The number of halogens is 3. The summed E-state index contributed by atoms with van der Waals surface area (Å²) in [6.07, 6.45) is -0.815. The molecule has 1 aliphatic heterocycles. The Balaban J connectivity index is 0.00000420. The molecule has 0 saturated heterocycles. The van der Waals surface area contributed by atoms with E-state index in [1.54, 1.807) is 25.1 Å². The van der Waals surface area contributed by atoms with E-state index >= 15 is 0 Å². The fourth-order valence-electron chi connectivity index (χ4n) is 4.08. The topological polar surface area (TPSA) is 123 Å². The van der Waals surface area contributed by atoms with Crippen LogP contribution in [0.25, 0.3) is 22.4 Å². The van der Waals surface area contributed by atoms with Crippen molar-refractivity contribution >= 4 is 23.5 Å². The summed E-state index contributed by atoms with van der Waals surface area (Å²) in [6.45, 7) is -0.697. The number of nitrogens with zero attached hydrogens (tertiary/aromatic N) is 2. The number of amides is 1. The minimum atomic E-state index is -3.54. The van der Waals surface area contributed by atoms with Gasteiger partial charge in [0.2, 0.25) is 0 Å². The number of rotatable bonds is 10. The molecular weight excluding hydrogens is 530 g/mol. The molecule has 2 heterocycles. The number of hydrogen-bond donors (Lipinski definition) is 1. The van der Waals surface area contributed by atoms with Crippen molar-refractivity contribution in [2.75, 3.05) is 18.5 Å². The zero-order chi connectivity index (χ0) is 27.4. The summed E-state index contributed by atoms with van der Waals surface area (Å²) >= 11 is 0. The number of alkyl halides is 2. The Bertz CT molecular complexity index is 1380. The van der Waals surface area contributed by atoms with Gasteiger partial charge < -0.3 is 24.7 Å². The van der Waals surface area contributed by atoms with Crippen molar-refractivity contribution in [2.45, 2.75) is 38.7 Å². The first-order valence-corrected chi connectivity index (χ1v) is 11.7. The molecule has 39 heavy (non-hydrogen) atoms. The Morgan fingerprint density at radius 1 is 1.15 bits per heavy atom. The second-order valence-electron chi connectivity index (χ2n) is 8.76. The zero-order valence-electron chi connectivity index (χ0n) is 21.3. The number of carboxylic acid groups (broad SMARTS) is 1. The van der Waals surface area contributed by atoms with Crippen LogP contribution in [-0.4, -0.2) is 46.8 Å². The second-order valence-corrected chi connectivity index (χ2v) is 8.76. The normalized spacial score (nSPS) is 12.6. The molecule has 1 aromatic heterocycles. The van der Waals surface area contributed by atoms with Crippen molar-refractivity contribution in [1.82, 2.24) is 9.78 Å². The molecule has 0 fully saturated rings. The van der Waals surface area contributed by atoms with E-state index in [-0.39, 0.29) is 67.0 Å². The Labute approximate surface area is 243 Å². The van der Waals surface area contributed by atoms with Gasteiger partial charge in [0, 0.05) is 23.5 Å². The Morgan fingerprint density at radius 2 is 1.85 bits per heavy atom. The van der Waals surface area contributed by atoms with E-state index in [4.69, 9.17) is 4.74 Å². The van der Waals surface area contributed by atoms with Crippen LogP contribution >= 0.6 is 0 Å². The number of ether oxygens (including phenoxy) is 2. The van der Waals surface area contributed by atoms with Crippen molar-refractivity contribution in [3.63, 3.8) is 0 Å². The van der Waals surface area contributed by atoms with E-state index in [1.165, 1.54) is 24.3 Å². The molecule has 0 bridgehead atoms. The van der Waals surface area contributed by atoms with Crippen LogP contribution in [0, 0.1) is 12.7 Å². The molecule has 0 saturated carbocycles. The number of nitrogens with one attached hydrogen (secondary N) is 1. The third-order valence-corrected chi connectivity index (χ3v) is 5.73. The number of esters is 1. The molecule has 0 atom stereocenters. The Morgan fingerprint density at radius 3 is 2.54 bits per heavy atom. The quantitative estimate of drug-likeness (QED) is 0.279. The summed E-state index contributed by atoms with van der Waals surface area (Å²) in [5, 5.41) is 17.5. The molecule has 200 valence electrons. The van der Waals surface area contributed by atoms with E-state index in [1.807, 2.05) is 0 Å². The van der Waals surface area contributed by atoms with Crippen LogP contribution in [0.15, 0.2) is 42.5 Å². The summed E-state index contributed by atoms with van der Waals surface area (Å²) in [6, 6.07) is 10.2. The molecule has 0 aliphatic carbocycles. The standard InChI is InChI=1S/C26H24F3N3O6.Na/c1-15-24(17-7-10-20-19(11-17)30-21(33)12-37-20)25(16-5-8-18(27)9-6-16)32(31-15)13-26(28,29)14-38-23(36)4-2-3-22(34)35;/h5-11H,2-4,12-14H2,1H3,(H,30,33)(H,34,35);/q;+1/p-1. The van der Waals surface area contributed by atoms with E-state index in [9.17, 15) is 32.7 Å². The van der Waals surface area contributed by atoms with Crippen molar-refractivity contribution in [2.24, 2.45) is 0 Å². The number of carbonyl (C=O) groups is 3. The van der Waals surface area contributed by atoms with Gasteiger partial charge in [0.1, 0.15) is 18.1 Å². The van der Waals surface area contributed by atoms with Gasteiger partial charge in [-0.2, -0.15) is 5.10 Å². The molecular formula is C26H23F3N3NaO6. The molecule has 1 aliphatic rings. The maximum absolute atomic E-state index is 14.9. The van der Waals surface area contributed by atoms with Crippen LogP contribution in [0.2, 0.25) is 0 Å². The van der Waals surface area contributed by atoms with Crippen molar-refractivity contribution in [1.29, 1.82) is 0 Å². The van der Waals surface area contributed by atoms with Crippen LogP contribution < -0.4 is 44.7 Å². The third-order valence-electron chi connectivity index (χ3n) is 5.73. The van der Waals surface area contributed by atoms with Gasteiger partial charge in [-0.3, -0.25) is 14.3 Å². The molecule has 0 radical (unpaired) electrons. The maximum Gasteiger partial charge on any atom is 1.00 e.